The minimum absolute atomic E-state index is 0.138. The molecule has 4 rings (SSSR count). The first-order valence-electron chi connectivity index (χ1n) is 13.9. The van der Waals surface area contributed by atoms with Crippen LogP contribution in [0.2, 0.25) is 5.02 Å². The summed E-state index contributed by atoms with van der Waals surface area (Å²) in [4.78, 5) is 47.6. The average Bonchev–Trinajstić information content (AvgIpc) is 3.55. The molecule has 2 bridgehead atoms. The molecule has 9 heteroatoms. The van der Waals surface area contributed by atoms with Gasteiger partial charge < -0.3 is 24.5 Å². The number of fused-ring (bicyclic) bond motifs is 1. The Labute approximate surface area is 236 Å². The van der Waals surface area contributed by atoms with Gasteiger partial charge in [0.15, 0.2) is 0 Å². The number of hydrogen-bond donors (Lipinski definition) is 1. The Kier molecular flexibility index (Phi) is 8.88. The van der Waals surface area contributed by atoms with E-state index in [1.165, 1.54) is 9.80 Å². The highest BCUT2D eigenvalue weighted by Gasteiger charge is 2.75. The molecule has 8 nitrogen and oxygen atoms in total. The van der Waals surface area contributed by atoms with Gasteiger partial charge in [-0.05, 0) is 37.3 Å². The van der Waals surface area contributed by atoms with Crippen LogP contribution in [0.4, 0.5) is 5.69 Å². The number of halogens is 1. The fourth-order valence-electron chi connectivity index (χ4n) is 6.81. The molecule has 1 spiro atoms. The number of likely N-dealkylation sites (tertiary alicyclic amines) is 1. The van der Waals surface area contributed by atoms with Crippen LogP contribution < -0.4 is 4.90 Å². The summed E-state index contributed by atoms with van der Waals surface area (Å²) in [7, 11) is 0. The summed E-state index contributed by atoms with van der Waals surface area (Å²) in [6, 6.07) is 5.39. The van der Waals surface area contributed by atoms with Gasteiger partial charge in [0.1, 0.15) is 11.6 Å². The van der Waals surface area contributed by atoms with Gasteiger partial charge in [-0.1, -0.05) is 56.7 Å². The maximum absolute atomic E-state index is 14.6. The maximum atomic E-state index is 14.6. The third-order valence-corrected chi connectivity index (χ3v) is 8.77. The minimum atomic E-state index is -1.17. The van der Waals surface area contributed by atoms with Crippen molar-refractivity contribution in [1.82, 2.24) is 9.80 Å². The second kappa shape index (κ2) is 11.8. The third kappa shape index (κ3) is 4.81. The van der Waals surface area contributed by atoms with Crippen LogP contribution in [0.25, 0.3) is 0 Å². The Balaban J connectivity index is 1.83. The highest BCUT2D eigenvalue weighted by Crippen LogP contribution is 2.59. The molecular formula is C30H40ClN3O5. The Morgan fingerprint density at radius 1 is 1.23 bits per heavy atom. The van der Waals surface area contributed by atoms with Crippen molar-refractivity contribution in [3.8, 4) is 0 Å². The van der Waals surface area contributed by atoms with Crippen molar-refractivity contribution < 1.29 is 24.2 Å². The summed E-state index contributed by atoms with van der Waals surface area (Å²) in [5.74, 6) is -2.46. The number of carbonyl (C=O) groups excluding carboxylic acids is 3. The van der Waals surface area contributed by atoms with E-state index in [1.807, 2.05) is 20.8 Å². The van der Waals surface area contributed by atoms with Crippen LogP contribution in [-0.4, -0.2) is 82.7 Å². The second-order valence-corrected chi connectivity index (χ2v) is 11.5. The molecule has 1 aromatic rings. The summed E-state index contributed by atoms with van der Waals surface area (Å²) < 4.78 is 6.60. The van der Waals surface area contributed by atoms with E-state index in [2.05, 4.69) is 13.2 Å². The van der Waals surface area contributed by atoms with E-state index in [9.17, 15) is 19.5 Å². The fraction of sp³-hybridized carbons (Fsp3) is 0.567. The van der Waals surface area contributed by atoms with Crippen molar-refractivity contribution in [1.29, 1.82) is 0 Å². The number of amides is 3. The van der Waals surface area contributed by atoms with E-state index in [1.54, 1.807) is 41.3 Å². The summed E-state index contributed by atoms with van der Waals surface area (Å²) in [6.45, 7) is 14.2. The molecule has 3 aliphatic rings. The van der Waals surface area contributed by atoms with Crippen molar-refractivity contribution in [2.75, 3.05) is 31.1 Å². The Morgan fingerprint density at radius 3 is 2.51 bits per heavy atom. The van der Waals surface area contributed by atoms with E-state index in [0.717, 1.165) is 6.42 Å². The van der Waals surface area contributed by atoms with E-state index in [4.69, 9.17) is 16.3 Å². The molecule has 0 aliphatic carbocycles. The Bertz CT molecular complexity index is 1130. The number of aliphatic hydroxyl groups is 1. The van der Waals surface area contributed by atoms with Crippen LogP contribution in [0.15, 0.2) is 49.6 Å². The number of benzene rings is 1. The Hall–Kier alpha value is -2.68. The van der Waals surface area contributed by atoms with Crippen molar-refractivity contribution in [3.05, 3.63) is 54.6 Å². The molecule has 3 heterocycles. The smallest absolute Gasteiger partial charge is 0.253 e. The number of aliphatic hydroxyl groups excluding tert-OH is 1. The molecule has 3 saturated heterocycles. The van der Waals surface area contributed by atoms with Crippen LogP contribution in [0.1, 0.15) is 40.0 Å². The van der Waals surface area contributed by atoms with Crippen LogP contribution >= 0.6 is 11.6 Å². The number of carbonyl (C=O) groups is 3. The number of rotatable bonds is 12. The first kappa shape index (κ1) is 29.3. The van der Waals surface area contributed by atoms with Gasteiger partial charge in [-0.3, -0.25) is 14.4 Å². The molecule has 0 aromatic heterocycles. The van der Waals surface area contributed by atoms with Gasteiger partial charge in [0.25, 0.3) is 5.91 Å². The first-order valence-corrected chi connectivity index (χ1v) is 14.2. The monoisotopic (exact) mass is 557 g/mol. The van der Waals surface area contributed by atoms with E-state index in [-0.39, 0.29) is 36.8 Å². The van der Waals surface area contributed by atoms with E-state index in [0.29, 0.717) is 36.6 Å². The molecule has 3 fully saturated rings. The molecule has 3 amide bonds. The number of hydrogen-bond acceptors (Lipinski definition) is 5. The third-order valence-electron chi connectivity index (χ3n) is 8.45. The maximum Gasteiger partial charge on any atom is 0.253 e. The number of nitrogens with zero attached hydrogens (tertiary/aromatic N) is 3. The van der Waals surface area contributed by atoms with Crippen molar-refractivity contribution in [2.45, 2.75) is 63.8 Å². The summed E-state index contributed by atoms with van der Waals surface area (Å²) in [5, 5.41) is 10.8. The zero-order chi connectivity index (χ0) is 28.5. The van der Waals surface area contributed by atoms with Crippen molar-refractivity contribution >= 4 is 35.0 Å². The quantitative estimate of drug-likeness (QED) is 0.396. The fourth-order valence-corrected chi connectivity index (χ4v) is 7.05. The molecule has 1 N–H and O–H groups in total. The molecule has 2 unspecified atom stereocenters. The molecule has 3 aliphatic heterocycles. The molecule has 6 atom stereocenters. The standard InChI is InChI=1S/C30H40ClN3O5/c1-6-15-32(16-7-2)27(36)24-23-13-14-30(39-23)25(24)28(37)34(22(18-35)19(4)5)26(30)29(38)33(17-8-3)21-12-10-9-11-20(21)31/h6,8-12,19,22-26,35H,1,3,7,13-18H2,2,4-5H3/t22-,23-,24+,25-,26?,30?/m0/s1. The molecule has 39 heavy (non-hydrogen) atoms. The van der Waals surface area contributed by atoms with Gasteiger partial charge in [-0.15, -0.1) is 13.2 Å². The number of para-hydroxylation sites is 1. The second-order valence-electron chi connectivity index (χ2n) is 11.1. The van der Waals surface area contributed by atoms with Crippen LogP contribution in [0.3, 0.4) is 0 Å². The summed E-state index contributed by atoms with van der Waals surface area (Å²) >= 11 is 6.52. The van der Waals surface area contributed by atoms with Gasteiger partial charge in [0.2, 0.25) is 11.8 Å². The Morgan fingerprint density at radius 2 is 1.92 bits per heavy atom. The predicted octanol–water partition coefficient (Wildman–Crippen LogP) is 3.68. The van der Waals surface area contributed by atoms with Gasteiger partial charge in [0.05, 0.1) is 41.3 Å². The highest BCUT2D eigenvalue weighted by molar-refractivity contribution is 6.34. The highest BCUT2D eigenvalue weighted by atomic mass is 35.5. The lowest BCUT2D eigenvalue weighted by atomic mass is 9.70. The molecule has 0 saturated carbocycles. The summed E-state index contributed by atoms with van der Waals surface area (Å²) in [5.41, 5.74) is -0.671. The van der Waals surface area contributed by atoms with Crippen LogP contribution in [-0.2, 0) is 19.1 Å². The first-order chi connectivity index (χ1) is 18.7. The van der Waals surface area contributed by atoms with E-state index < -0.39 is 35.6 Å². The zero-order valence-corrected chi connectivity index (χ0v) is 23.8. The zero-order valence-electron chi connectivity index (χ0n) is 23.1. The normalized spacial score (nSPS) is 27.9. The van der Waals surface area contributed by atoms with Crippen LogP contribution in [0.5, 0.6) is 0 Å². The van der Waals surface area contributed by atoms with Gasteiger partial charge >= 0.3 is 0 Å². The predicted molar refractivity (Wildman–Crippen MR) is 151 cm³/mol. The van der Waals surface area contributed by atoms with Gasteiger partial charge in [-0.2, -0.15) is 0 Å². The average molecular weight is 558 g/mol. The molecular weight excluding hydrogens is 518 g/mol. The van der Waals surface area contributed by atoms with Gasteiger partial charge in [0, 0.05) is 19.6 Å². The molecule has 212 valence electrons. The minimum Gasteiger partial charge on any atom is -0.394 e. The lowest BCUT2D eigenvalue weighted by Crippen LogP contribution is -2.59. The SMILES string of the molecule is C=CCN(CCC)C(=O)[C@@H]1[C@@H]2CCC3(O2)C(C(=O)N(CC=C)c2ccccc2Cl)N([C@@H](CO)C(C)C)C(=O)[C@H]13. The van der Waals surface area contributed by atoms with Crippen LogP contribution in [0, 0.1) is 17.8 Å². The number of ether oxygens (including phenoxy) is 1. The lowest BCUT2D eigenvalue weighted by Gasteiger charge is -2.40. The van der Waals surface area contributed by atoms with E-state index >= 15 is 0 Å². The largest absolute Gasteiger partial charge is 0.394 e. The summed E-state index contributed by atoms with van der Waals surface area (Å²) in [6.07, 6.45) is 4.66. The van der Waals surface area contributed by atoms with Crippen molar-refractivity contribution in [2.24, 2.45) is 17.8 Å². The lowest BCUT2D eigenvalue weighted by molar-refractivity contribution is -0.148. The van der Waals surface area contributed by atoms with Gasteiger partial charge in [-0.25, -0.2) is 0 Å². The topological polar surface area (TPSA) is 90.4 Å². The molecule has 0 radical (unpaired) electrons. The number of anilines is 1. The molecule has 1 aromatic carbocycles. The van der Waals surface area contributed by atoms with Crippen molar-refractivity contribution in [3.63, 3.8) is 0 Å².